The van der Waals surface area contributed by atoms with E-state index in [9.17, 15) is 4.79 Å². The van der Waals surface area contributed by atoms with Crippen LogP contribution in [0.2, 0.25) is 0 Å². The van der Waals surface area contributed by atoms with Gasteiger partial charge in [0.25, 0.3) is 5.91 Å². The second-order valence-electron chi connectivity index (χ2n) is 5.63. The van der Waals surface area contributed by atoms with Crippen molar-refractivity contribution >= 4 is 44.7 Å². The lowest BCUT2D eigenvalue weighted by Crippen LogP contribution is -2.11. The topological polar surface area (TPSA) is 79.8 Å². The first-order valence-corrected chi connectivity index (χ1v) is 9.86. The zero-order valence-electron chi connectivity index (χ0n) is 14.3. The smallest absolute Gasteiger partial charge is 0.257 e. The number of rotatable bonds is 5. The van der Waals surface area contributed by atoms with E-state index in [1.807, 2.05) is 48.7 Å². The fourth-order valence-electron chi connectivity index (χ4n) is 2.43. The summed E-state index contributed by atoms with van der Waals surface area (Å²) in [5, 5.41) is 9.32. The molecule has 0 unspecified atom stereocenters. The number of nitrogens with one attached hydrogen (secondary N) is 2. The van der Waals surface area contributed by atoms with E-state index in [1.54, 1.807) is 18.3 Å². The van der Waals surface area contributed by atoms with Crippen LogP contribution in [0.5, 0.6) is 0 Å². The summed E-state index contributed by atoms with van der Waals surface area (Å²) in [7, 11) is 0. The van der Waals surface area contributed by atoms with Gasteiger partial charge in [-0.1, -0.05) is 35.6 Å². The van der Waals surface area contributed by atoms with Gasteiger partial charge in [0.1, 0.15) is 5.82 Å². The van der Waals surface area contributed by atoms with Crippen LogP contribution in [0, 0.1) is 6.92 Å². The van der Waals surface area contributed by atoms with Gasteiger partial charge in [0.15, 0.2) is 10.3 Å². The third-order valence-electron chi connectivity index (χ3n) is 3.69. The van der Waals surface area contributed by atoms with Crippen molar-refractivity contribution in [3.63, 3.8) is 0 Å². The molecule has 0 atom stereocenters. The Labute approximate surface area is 164 Å². The molecule has 1 amide bonds. The summed E-state index contributed by atoms with van der Waals surface area (Å²) < 4.78 is 0. The van der Waals surface area contributed by atoms with Crippen LogP contribution >= 0.6 is 22.7 Å². The highest BCUT2D eigenvalue weighted by molar-refractivity contribution is 7.20. The molecule has 4 rings (SSSR count). The number of hydrogen-bond donors (Lipinski definition) is 2. The zero-order chi connectivity index (χ0) is 18.6. The largest absolute Gasteiger partial charge is 0.316 e. The first-order valence-electron chi connectivity index (χ1n) is 8.17. The second-order valence-corrected chi connectivity index (χ2v) is 7.49. The maximum Gasteiger partial charge on any atom is 0.257 e. The fraction of sp³-hybridized carbons (Fsp3) is 0.0526. The minimum atomic E-state index is -0.174. The van der Waals surface area contributed by atoms with Crippen LogP contribution < -0.4 is 10.6 Å². The minimum Gasteiger partial charge on any atom is -0.316 e. The van der Waals surface area contributed by atoms with Crippen LogP contribution in [0.15, 0.2) is 60.1 Å². The number of aromatic nitrogens is 3. The third-order valence-corrected chi connectivity index (χ3v) is 5.54. The van der Waals surface area contributed by atoms with Crippen molar-refractivity contribution < 1.29 is 4.79 Å². The summed E-state index contributed by atoms with van der Waals surface area (Å²) in [6.07, 6.45) is 1.73. The molecule has 0 aliphatic heterocycles. The summed E-state index contributed by atoms with van der Waals surface area (Å²) in [5.41, 5.74) is 2.26. The standard InChI is InChI=1S/C19H15N5OS2/c1-12-16(14-11-26-18(22-14)23-15-9-5-6-10-20-15)27-19(21-12)24-17(25)13-7-3-2-4-8-13/h2-11H,1H3,(H,20,22,23)(H,21,24,25). The first kappa shape index (κ1) is 17.3. The van der Waals surface area contributed by atoms with Crippen LogP contribution in [0.4, 0.5) is 16.1 Å². The molecule has 4 aromatic rings. The van der Waals surface area contributed by atoms with Gasteiger partial charge in [-0.2, -0.15) is 0 Å². The highest BCUT2D eigenvalue weighted by Crippen LogP contribution is 2.35. The monoisotopic (exact) mass is 393 g/mol. The van der Waals surface area contributed by atoms with Gasteiger partial charge in [0.2, 0.25) is 0 Å². The summed E-state index contributed by atoms with van der Waals surface area (Å²) in [5.74, 6) is 0.571. The van der Waals surface area contributed by atoms with E-state index in [0.717, 1.165) is 27.2 Å². The molecule has 0 saturated carbocycles. The number of carbonyl (C=O) groups is 1. The lowest BCUT2D eigenvalue weighted by molar-refractivity contribution is 0.102. The van der Waals surface area contributed by atoms with Crippen molar-refractivity contribution in [2.24, 2.45) is 0 Å². The Morgan fingerprint density at radius 2 is 1.81 bits per heavy atom. The summed E-state index contributed by atoms with van der Waals surface area (Å²) >= 11 is 2.91. The number of benzene rings is 1. The third kappa shape index (κ3) is 4.02. The molecule has 3 aromatic heterocycles. The van der Waals surface area contributed by atoms with Gasteiger partial charge in [0, 0.05) is 17.1 Å². The predicted molar refractivity (Wildman–Crippen MR) is 110 cm³/mol. The highest BCUT2D eigenvalue weighted by atomic mass is 32.1. The maximum atomic E-state index is 12.3. The fourth-order valence-corrected chi connectivity index (χ4v) is 4.13. The van der Waals surface area contributed by atoms with Crippen molar-refractivity contribution in [1.82, 2.24) is 15.0 Å². The van der Waals surface area contributed by atoms with Crippen molar-refractivity contribution in [3.8, 4) is 10.6 Å². The Hall–Kier alpha value is -3.10. The number of pyridine rings is 1. The van der Waals surface area contributed by atoms with E-state index in [0.29, 0.717) is 10.7 Å². The molecule has 0 bridgehead atoms. The van der Waals surface area contributed by atoms with Gasteiger partial charge in [-0.3, -0.25) is 10.1 Å². The molecule has 0 radical (unpaired) electrons. The van der Waals surface area contributed by atoms with Gasteiger partial charge in [-0.25, -0.2) is 15.0 Å². The van der Waals surface area contributed by atoms with E-state index in [1.165, 1.54) is 22.7 Å². The molecule has 0 saturated heterocycles. The highest BCUT2D eigenvalue weighted by Gasteiger charge is 2.15. The number of anilines is 3. The molecule has 0 fully saturated rings. The second kappa shape index (κ2) is 7.65. The van der Waals surface area contributed by atoms with Crippen LogP contribution in [-0.4, -0.2) is 20.9 Å². The number of nitrogens with zero attached hydrogens (tertiary/aromatic N) is 3. The van der Waals surface area contributed by atoms with E-state index in [4.69, 9.17) is 0 Å². The maximum absolute atomic E-state index is 12.3. The number of thiazole rings is 2. The molecule has 0 spiro atoms. The van der Waals surface area contributed by atoms with Gasteiger partial charge in [0.05, 0.1) is 16.3 Å². The molecule has 0 aliphatic rings. The quantitative estimate of drug-likeness (QED) is 0.501. The van der Waals surface area contributed by atoms with Crippen LogP contribution in [0.3, 0.4) is 0 Å². The van der Waals surface area contributed by atoms with Crippen molar-refractivity contribution in [1.29, 1.82) is 0 Å². The van der Waals surface area contributed by atoms with Crippen molar-refractivity contribution in [3.05, 3.63) is 71.4 Å². The predicted octanol–water partition coefficient (Wildman–Crippen LogP) is 4.97. The van der Waals surface area contributed by atoms with E-state index >= 15 is 0 Å². The Balaban J connectivity index is 1.51. The summed E-state index contributed by atoms with van der Waals surface area (Å²) in [4.78, 5) is 26.6. The molecule has 1 aromatic carbocycles. The Morgan fingerprint density at radius 1 is 1.00 bits per heavy atom. The first-order chi connectivity index (χ1) is 13.2. The Kier molecular flexibility index (Phi) is 4.91. The molecular formula is C19H15N5OS2. The zero-order valence-corrected chi connectivity index (χ0v) is 16.0. The molecular weight excluding hydrogens is 378 g/mol. The number of amides is 1. The lowest BCUT2D eigenvalue weighted by Gasteiger charge is -2.00. The lowest BCUT2D eigenvalue weighted by atomic mass is 10.2. The molecule has 0 aliphatic carbocycles. The molecule has 8 heteroatoms. The molecule has 3 heterocycles. The van der Waals surface area contributed by atoms with Gasteiger partial charge in [-0.15, -0.1) is 11.3 Å². The van der Waals surface area contributed by atoms with Gasteiger partial charge < -0.3 is 5.32 Å². The van der Waals surface area contributed by atoms with E-state index in [2.05, 4.69) is 25.6 Å². The average Bonchev–Trinajstić information content (AvgIpc) is 3.29. The molecule has 6 nitrogen and oxygen atoms in total. The Morgan fingerprint density at radius 3 is 2.59 bits per heavy atom. The SMILES string of the molecule is Cc1nc(NC(=O)c2ccccc2)sc1-c1csc(Nc2ccccn2)n1. The van der Waals surface area contributed by atoms with Gasteiger partial charge >= 0.3 is 0 Å². The van der Waals surface area contributed by atoms with Gasteiger partial charge in [-0.05, 0) is 31.2 Å². The molecule has 134 valence electrons. The van der Waals surface area contributed by atoms with Crippen LogP contribution in [0.25, 0.3) is 10.6 Å². The van der Waals surface area contributed by atoms with Crippen LogP contribution in [-0.2, 0) is 0 Å². The average molecular weight is 393 g/mol. The van der Waals surface area contributed by atoms with Crippen LogP contribution in [0.1, 0.15) is 16.1 Å². The van der Waals surface area contributed by atoms with Crippen molar-refractivity contribution in [2.75, 3.05) is 10.6 Å². The number of carbonyl (C=O) groups excluding carboxylic acids is 1. The Bertz CT molecular complexity index is 1060. The van der Waals surface area contributed by atoms with E-state index < -0.39 is 0 Å². The molecule has 27 heavy (non-hydrogen) atoms. The minimum absolute atomic E-state index is 0.174. The summed E-state index contributed by atoms with van der Waals surface area (Å²) in [6, 6.07) is 14.7. The van der Waals surface area contributed by atoms with E-state index in [-0.39, 0.29) is 5.91 Å². The van der Waals surface area contributed by atoms with Crippen molar-refractivity contribution in [2.45, 2.75) is 6.92 Å². The summed E-state index contributed by atoms with van der Waals surface area (Å²) in [6.45, 7) is 1.91. The number of hydrogen-bond acceptors (Lipinski definition) is 7. The molecule has 2 N–H and O–H groups in total. The normalized spacial score (nSPS) is 10.6. The number of aryl methyl sites for hydroxylation is 1.